The average Bonchev–Trinajstić information content (AvgIpc) is 2.78. The van der Waals surface area contributed by atoms with Crippen molar-refractivity contribution in [3.05, 3.63) is 47.8 Å². The Labute approximate surface area is 101 Å². The van der Waals surface area contributed by atoms with Crippen LogP contribution in [0.1, 0.15) is 24.3 Å². The fourth-order valence-electron chi connectivity index (χ4n) is 1.52. The first-order valence-corrected chi connectivity index (χ1v) is 5.29. The number of aliphatic hydroxyl groups is 1. The van der Waals surface area contributed by atoms with E-state index in [0.29, 0.717) is 11.3 Å². The van der Waals surface area contributed by atoms with Crippen molar-refractivity contribution in [2.75, 3.05) is 0 Å². The summed E-state index contributed by atoms with van der Waals surface area (Å²) in [6, 6.07) is 7.43. The van der Waals surface area contributed by atoms with Gasteiger partial charge in [-0.15, -0.1) is 0 Å². The van der Waals surface area contributed by atoms with E-state index in [1.54, 1.807) is 31.2 Å². The van der Waals surface area contributed by atoms with Crippen LogP contribution in [0.25, 0.3) is 5.69 Å². The average molecular weight is 256 g/mol. The lowest BCUT2D eigenvalue weighted by atomic mass is 10.1. The van der Waals surface area contributed by atoms with Crippen molar-refractivity contribution >= 4 is 0 Å². The quantitative estimate of drug-likeness (QED) is 0.897. The number of hydrogen-bond acceptors (Lipinski definition) is 2. The van der Waals surface area contributed by atoms with Crippen molar-refractivity contribution in [3.8, 4) is 5.69 Å². The second kappa shape index (κ2) is 4.45. The molecule has 2 aromatic rings. The largest absolute Gasteiger partial charge is 0.435 e. The van der Waals surface area contributed by atoms with E-state index < -0.39 is 18.0 Å². The molecule has 1 aromatic carbocycles. The maximum atomic E-state index is 12.4. The van der Waals surface area contributed by atoms with Gasteiger partial charge in [0.1, 0.15) is 0 Å². The predicted octanol–water partition coefficient (Wildman–Crippen LogP) is 2.94. The number of hydrogen-bond donors (Lipinski definition) is 1. The molecule has 0 radical (unpaired) electrons. The van der Waals surface area contributed by atoms with Gasteiger partial charge >= 0.3 is 6.18 Å². The molecule has 0 aliphatic heterocycles. The molecule has 0 amide bonds. The third kappa shape index (κ3) is 2.53. The smallest absolute Gasteiger partial charge is 0.389 e. The van der Waals surface area contributed by atoms with Crippen LogP contribution < -0.4 is 0 Å². The van der Waals surface area contributed by atoms with E-state index in [1.165, 1.54) is 6.20 Å². The molecule has 0 bridgehead atoms. The van der Waals surface area contributed by atoms with Crippen molar-refractivity contribution in [2.45, 2.75) is 19.2 Å². The van der Waals surface area contributed by atoms with E-state index in [9.17, 15) is 18.3 Å². The number of benzene rings is 1. The Bertz CT molecular complexity index is 529. The van der Waals surface area contributed by atoms with E-state index in [0.717, 1.165) is 10.7 Å². The maximum absolute atomic E-state index is 12.4. The molecule has 0 fully saturated rings. The van der Waals surface area contributed by atoms with Crippen LogP contribution in [-0.2, 0) is 6.18 Å². The molecule has 3 nitrogen and oxygen atoms in total. The highest BCUT2D eigenvalue weighted by atomic mass is 19.4. The summed E-state index contributed by atoms with van der Waals surface area (Å²) in [4.78, 5) is 0. The zero-order chi connectivity index (χ0) is 13.3. The Morgan fingerprint density at radius 3 is 2.22 bits per heavy atom. The number of nitrogens with zero attached hydrogens (tertiary/aromatic N) is 2. The van der Waals surface area contributed by atoms with Gasteiger partial charge in [0, 0.05) is 6.20 Å². The highest BCUT2D eigenvalue weighted by molar-refractivity contribution is 5.34. The first-order chi connectivity index (χ1) is 8.38. The minimum atomic E-state index is -4.44. The van der Waals surface area contributed by atoms with Crippen molar-refractivity contribution in [2.24, 2.45) is 0 Å². The van der Waals surface area contributed by atoms with Crippen LogP contribution in [0.3, 0.4) is 0 Å². The monoisotopic (exact) mass is 256 g/mol. The van der Waals surface area contributed by atoms with Gasteiger partial charge in [-0.1, -0.05) is 12.1 Å². The fraction of sp³-hybridized carbons (Fsp3) is 0.250. The van der Waals surface area contributed by atoms with Gasteiger partial charge < -0.3 is 5.11 Å². The summed E-state index contributed by atoms with van der Waals surface area (Å²) in [7, 11) is 0. The molecule has 2 rings (SSSR count). The summed E-state index contributed by atoms with van der Waals surface area (Å²) in [6.07, 6.45) is -3.80. The van der Waals surface area contributed by atoms with Gasteiger partial charge in [-0.3, -0.25) is 0 Å². The van der Waals surface area contributed by atoms with E-state index >= 15 is 0 Å². The highest BCUT2D eigenvalue weighted by Gasteiger charge is 2.33. The van der Waals surface area contributed by atoms with Crippen LogP contribution in [0.4, 0.5) is 13.2 Å². The molecule has 1 N–H and O–H groups in total. The number of aromatic nitrogens is 2. The molecule has 18 heavy (non-hydrogen) atoms. The Morgan fingerprint density at radius 1 is 1.17 bits per heavy atom. The number of aliphatic hydroxyl groups excluding tert-OH is 1. The fourth-order valence-corrected chi connectivity index (χ4v) is 1.52. The van der Waals surface area contributed by atoms with E-state index in [2.05, 4.69) is 5.10 Å². The molecule has 0 saturated heterocycles. The van der Waals surface area contributed by atoms with Crippen LogP contribution in [-0.4, -0.2) is 14.9 Å². The first kappa shape index (κ1) is 12.6. The van der Waals surface area contributed by atoms with Crippen LogP contribution in [0.2, 0.25) is 0 Å². The zero-order valence-electron chi connectivity index (χ0n) is 9.52. The molecule has 0 aliphatic rings. The third-order valence-corrected chi connectivity index (χ3v) is 2.52. The molecule has 0 aliphatic carbocycles. The third-order valence-electron chi connectivity index (χ3n) is 2.52. The predicted molar refractivity (Wildman–Crippen MR) is 59.2 cm³/mol. The first-order valence-electron chi connectivity index (χ1n) is 5.29. The minimum Gasteiger partial charge on any atom is -0.389 e. The van der Waals surface area contributed by atoms with Crippen molar-refractivity contribution in [1.29, 1.82) is 0 Å². The van der Waals surface area contributed by atoms with E-state index in [-0.39, 0.29) is 0 Å². The van der Waals surface area contributed by atoms with E-state index in [1.807, 2.05) is 0 Å². The SMILES string of the molecule is C[C@H](O)c1ccc(-n2ccc(C(F)(F)F)n2)cc1. The topological polar surface area (TPSA) is 38.0 Å². The molecule has 1 heterocycles. The number of halogens is 3. The summed E-state index contributed by atoms with van der Waals surface area (Å²) < 4.78 is 38.3. The summed E-state index contributed by atoms with van der Waals surface area (Å²) in [5, 5.41) is 12.8. The van der Waals surface area contributed by atoms with Crippen LogP contribution in [0.5, 0.6) is 0 Å². The molecule has 0 saturated carbocycles. The van der Waals surface area contributed by atoms with Crippen molar-refractivity contribution in [3.63, 3.8) is 0 Å². The van der Waals surface area contributed by atoms with Gasteiger partial charge in [0.05, 0.1) is 11.8 Å². The van der Waals surface area contributed by atoms with Crippen LogP contribution in [0.15, 0.2) is 36.5 Å². The molecule has 1 aromatic heterocycles. The molecule has 0 unspecified atom stereocenters. The van der Waals surface area contributed by atoms with Gasteiger partial charge in [0.15, 0.2) is 5.69 Å². The number of rotatable bonds is 2. The zero-order valence-corrected chi connectivity index (χ0v) is 9.52. The van der Waals surface area contributed by atoms with Gasteiger partial charge in [0.2, 0.25) is 0 Å². The Hall–Kier alpha value is -1.82. The normalized spacial score (nSPS) is 13.6. The summed E-state index contributed by atoms with van der Waals surface area (Å²) >= 11 is 0. The Balaban J connectivity index is 2.29. The van der Waals surface area contributed by atoms with E-state index in [4.69, 9.17) is 0 Å². The molecule has 96 valence electrons. The Kier molecular flexibility index (Phi) is 3.13. The standard InChI is InChI=1S/C12H11F3N2O/c1-8(18)9-2-4-10(5-3-9)17-7-6-11(16-17)12(13,14)15/h2-8,18H,1H3/t8-/m0/s1. The summed E-state index contributed by atoms with van der Waals surface area (Å²) in [5.41, 5.74) is 0.277. The second-order valence-electron chi connectivity index (χ2n) is 3.91. The number of alkyl halides is 3. The second-order valence-corrected chi connectivity index (χ2v) is 3.91. The lowest BCUT2D eigenvalue weighted by molar-refractivity contribution is -0.141. The minimum absolute atomic E-state index is 0.509. The van der Waals surface area contributed by atoms with Gasteiger partial charge in [-0.25, -0.2) is 4.68 Å². The molecule has 1 atom stereocenters. The van der Waals surface area contributed by atoms with Crippen LogP contribution >= 0.6 is 0 Å². The van der Waals surface area contributed by atoms with Gasteiger partial charge in [0.25, 0.3) is 0 Å². The van der Waals surface area contributed by atoms with Crippen molar-refractivity contribution in [1.82, 2.24) is 9.78 Å². The maximum Gasteiger partial charge on any atom is 0.435 e. The van der Waals surface area contributed by atoms with Crippen molar-refractivity contribution < 1.29 is 18.3 Å². The lowest BCUT2D eigenvalue weighted by Crippen LogP contribution is -2.07. The van der Waals surface area contributed by atoms with Gasteiger partial charge in [-0.2, -0.15) is 18.3 Å². The Morgan fingerprint density at radius 2 is 1.78 bits per heavy atom. The molecular formula is C12H11F3N2O. The molecule has 0 spiro atoms. The summed E-state index contributed by atoms with van der Waals surface area (Å²) in [6.45, 7) is 1.62. The molecular weight excluding hydrogens is 245 g/mol. The highest BCUT2D eigenvalue weighted by Crippen LogP contribution is 2.28. The lowest BCUT2D eigenvalue weighted by Gasteiger charge is -2.06. The molecule has 6 heteroatoms. The van der Waals surface area contributed by atoms with Gasteiger partial charge in [-0.05, 0) is 30.7 Å². The summed E-state index contributed by atoms with van der Waals surface area (Å²) in [5.74, 6) is 0. The van der Waals surface area contributed by atoms with Crippen LogP contribution in [0, 0.1) is 0 Å².